The smallest absolute Gasteiger partial charge is 0.307 e. The molecule has 2 rings (SSSR count). The van der Waals surface area contributed by atoms with Gasteiger partial charge in [-0.15, -0.1) is 0 Å². The first-order valence-corrected chi connectivity index (χ1v) is 8.75. The normalized spacial score (nSPS) is 20.6. The van der Waals surface area contributed by atoms with Crippen LogP contribution in [0.3, 0.4) is 0 Å². The minimum atomic E-state index is -0.682. The lowest BCUT2D eigenvalue weighted by Crippen LogP contribution is -2.40. The van der Waals surface area contributed by atoms with Crippen molar-refractivity contribution in [2.24, 2.45) is 5.92 Å². The Morgan fingerprint density at radius 2 is 2.27 bits per heavy atom. The number of likely N-dealkylation sites (tertiary alicyclic amines) is 1. The number of nitrogens with zero attached hydrogens (tertiary/aromatic N) is 1. The predicted octanol–water partition coefficient (Wildman–Crippen LogP) is 4.10. The van der Waals surface area contributed by atoms with Crippen molar-refractivity contribution in [1.82, 2.24) is 4.90 Å². The van der Waals surface area contributed by atoms with Gasteiger partial charge >= 0.3 is 5.97 Å². The molecule has 0 spiro atoms. The lowest BCUT2D eigenvalue weighted by Gasteiger charge is -2.37. The number of carboxylic acids is 1. The quantitative estimate of drug-likeness (QED) is 0.819. The van der Waals surface area contributed by atoms with E-state index in [1.165, 1.54) is 0 Å². The monoisotopic (exact) mass is 369 g/mol. The van der Waals surface area contributed by atoms with Crippen molar-refractivity contribution in [1.29, 1.82) is 0 Å². The second-order valence-corrected chi connectivity index (χ2v) is 6.63. The van der Waals surface area contributed by atoms with Crippen LogP contribution in [0.5, 0.6) is 5.75 Å². The molecule has 0 aromatic heterocycles. The van der Waals surface area contributed by atoms with Crippen LogP contribution in [-0.4, -0.2) is 35.7 Å². The number of benzene rings is 1. The SMILES string of the molecule is CCOc1ccc(Br)cc1C(CC)N1CCCC(C(=O)O)C1. The van der Waals surface area contributed by atoms with Crippen LogP contribution in [0, 0.1) is 5.92 Å². The molecule has 0 aliphatic carbocycles. The molecule has 1 fully saturated rings. The van der Waals surface area contributed by atoms with E-state index in [0.717, 1.165) is 41.6 Å². The summed E-state index contributed by atoms with van der Waals surface area (Å²) in [6, 6.07) is 6.27. The highest BCUT2D eigenvalue weighted by molar-refractivity contribution is 9.10. The molecule has 1 saturated heterocycles. The van der Waals surface area contributed by atoms with E-state index >= 15 is 0 Å². The molecule has 1 N–H and O–H groups in total. The van der Waals surface area contributed by atoms with Gasteiger partial charge in [0.2, 0.25) is 0 Å². The molecule has 1 aromatic rings. The Kier molecular flexibility index (Phi) is 6.26. The van der Waals surface area contributed by atoms with E-state index in [9.17, 15) is 9.90 Å². The highest BCUT2D eigenvalue weighted by Gasteiger charge is 2.30. The van der Waals surface area contributed by atoms with Crippen molar-refractivity contribution < 1.29 is 14.6 Å². The van der Waals surface area contributed by atoms with Crippen molar-refractivity contribution in [3.05, 3.63) is 28.2 Å². The molecule has 0 saturated carbocycles. The first-order valence-electron chi connectivity index (χ1n) is 7.95. The second-order valence-electron chi connectivity index (χ2n) is 5.71. The van der Waals surface area contributed by atoms with Crippen LogP contribution in [-0.2, 0) is 4.79 Å². The van der Waals surface area contributed by atoms with Crippen molar-refractivity contribution in [2.45, 2.75) is 39.2 Å². The van der Waals surface area contributed by atoms with Crippen LogP contribution in [0.1, 0.15) is 44.7 Å². The molecule has 2 atom stereocenters. The zero-order valence-corrected chi connectivity index (χ0v) is 14.8. The number of hydrogen-bond donors (Lipinski definition) is 1. The molecular weight excluding hydrogens is 346 g/mol. The fraction of sp³-hybridized carbons (Fsp3) is 0.588. The van der Waals surface area contributed by atoms with Gasteiger partial charge < -0.3 is 9.84 Å². The highest BCUT2D eigenvalue weighted by atomic mass is 79.9. The minimum absolute atomic E-state index is 0.196. The third-order valence-corrected chi connectivity index (χ3v) is 4.75. The molecule has 4 nitrogen and oxygen atoms in total. The van der Waals surface area contributed by atoms with Crippen molar-refractivity contribution >= 4 is 21.9 Å². The van der Waals surface area contributed by atoms with Gasteiger partial charge in [-0.2, -0.15) is 0 Å². The maximum atomic E-state index is 11.3. The first kappa shape index (κ1) is 17.3. The van der Waals surface area contributed by atoms with Crippen LogP contribution in [0.25, 0.3) is 0 Å². The molecule has 5 heteroatoms. The van der Waals surface area contributed by atoms with Crippen molar-refractivity contribution in [3.63, 3.8) is 0 Å². The van der Waals surface area contributed by atoms with E-state index in [-0.39, 0.29) is 12.0 Å². The first-order chi connectivity index (χ1) is 10.6. The number of hydrogen-bond acceptors (Lipinski definition) is 3. The summed E-state index contributed by atoms with van der Waals surface area (Å²) in [5.41, 5.74) is 1.14. The Hall–Kier alpha value is -1.07. The molecule has 122 valence electrons. The average Bonchev–Trinajstić information content (AvgIpc) is 2.51. The molecule has 1 heterocycles. The Labute approximate surface area is 140 Å². The number of rotatable bonds is 6. The van der Waals surface area contributed by atoms with E-state index in [1.54, 1.807) is 0 Å². The van der Waals surface area contributed by atoms with E-state index in [4.69, 9.17) is 4.74 Å². The standard InChI is InChI=1S/C17H24BrNO3/c1-3-15(19-9-5-6-12(11-19)17(20)21)14-10-13(18)7-8-16(14)22-4-2/h7-8,10,12,15H,3-6,9,11H2,1-2H3,(H,20,21). The Morgan fingerprint density at radius 1 is 1.50 bits per heavy atom. The molecule has 1 aliphatic rings. The lowest BCUT2D eigenvalue weighted by molar-refractivity contribution is -0.144. The zero-order chi connectivity index (χ0) is 16.1. The van der Waals surface area contributed by atoms with Crippen LogP contribution >= 0.6 is 15.9 Å². The Morgan fingerprint density at radius 3 is 2.91 bits per heavy atom. The Balaban J connectivity index is 2.27. The molecule has 1 aromatic carbocycles. The molecular formula is C17H24BrNO3. The zero-order valence-electron chi connectivity index (χ0n) is 13.2. The van der Waals surface area contributed by atoms with E-state index in [1.807, 2.05) is 19.1 Å². The van der Waals surface area contributed by atoms with Crippen LogP contribution < -0.4 is 4.74 Å². The van der Waals surface area contributed by atoms with Crippen LogP contribution in [0.15, 0.2) is 22.7 Å². The van der Waals surface area contributed by atoms with E-state index in [2.05, 4.69) is 33.8 Å². The third kappa shape index (κ3) is 4.02. The summed E-state index contributed by atoms with van der Waals surface area (Å²) in [5.74, 6) is -0.0423. The third-order valence-electron chi connectivity index (χ3n) is 4.26. The van der Waals surface area contributed by atoms with Gasteiger partial charge in [0.15, 0.2) is 0 Å². The maximum Gasteiger partial charge on any atom is 0.307 e. The van der Waals surface area contributed by atoms with Crippen LogP contribution in [0.2, 0.25) is 0 Å². The second kappa shape index (κ2) is 7.97. The predicted molar refractivity (Wildman–Crippen MR) is 90.3 cm³/mol. The van der Waals surface area contributed by atoms with Crippen LogP contribution in [0.4, 0.5) is 0 Å². The fourth-order valence-corrected chi connectivity index (χ4v) is 3.61. The summed E-state index contributed by atoms with van der Waals surface area (Å²) >= 11 is 3.54. The summed E-state index contributed by atoms with van der Waals surface area (Å²) < 4.78 is 6.80. The number of carboxylic acid groups (broad SMARTS) is 1. The maximum absolute atomic E-state index is 11.3. The Bertz CT molecular complexity index is 521. The topological polar surface area (TPSA) is 49.8 Å². The highest BCUT2D eigenvalue weighted by Crippen LogP contribution is 2.36. The van der Waals surface area contributed by atoms with Gasteiger partial charge in [-0.3, -0.25) is 9.69 Å². The van der Waals surface area contributed by atoms with Gasteiger partial charge in [-0.25, -0.2) is 0 Å². The fourth-order valence-electron chi connectivity index (χ4n) is 3.23. The number of piperidine rings is 1. The number of aliphatic carboxylic acids is 1. The van der Waals surface area contributed by atoms with Gasteiger partial charge in [0.1, 0.15) is 5.75 Å². The molecule has 2 unspecified atom stereocenters. The number of ether oxygens (including phenoxy) is 1. The molecule has 0 bridgehead atoms. The number of carbonyl (C=O) groups is 1. The van der Waals surface area contributed by atoms with E-state index in [0.29, 0.717) is 13.2 Å². The van der Waals surface area contributed by atoms with Gasteiger partial charge in [-0.1, -0.05) is 22.9 Å². The number of halogens is 1. The summed E-state index contributed by atoms with van der Waals surface area (Å²) in [6.07, 6.45) is 2.65. The molecule has 22 heavy (non-hydrogen) atoms. The minimum Gasteiger partial charge on any atom is -0.494 e. The van der Waals surface area contributed by atoms with E-state index < -0.39 is 5.97 Å². The van der Waals surface area contributed by atoms with Crippen molar-refractivity contribution in [3.8, 4) is 5.75 Å². The van der Waals surface area contributed by atoms with Crippen molar-refractivity contribution in [2.75, 3.05) is 19.7 Å². The summed E-state index contributed by atoms with van der Waals surface area (Å²) in [6.45, 7) is 6.31. The summed E-state index contributed by atoms with van der Waals surface area (Å²) in [4.78, 5) is 13.6. The molecule has 1 aliphatic heterocycles. The van der Waals surface area contributed by atoms with Gasteiger partial charge in [0.05, 0.1) is 12.5 Å². The van der Waals surface area contributed by atoms with Gasteiger partial charge in [0, 0.05) is 22.6 Å². The largest absolute Gasteiger partial charge is 0.494 e. The molecule has 0 radical (unpaired) electrons. The lowest BCUT2D eigenvalue weighted by atomic mass is 9.93. The average molecular weight is 370 g/mol. The van der Waals surface area contributed by atoms with Gasteiger partial charge in [0.25, 0.3) is 0 Å². The van der Waals surface area contributed by atoms with Gasteiger partial charge in [-0.05, 0) is 50.9 Å². The summed E-state index contributed by atoms with van der Waals surface area (Å²) in [5, 5.41) is 9.31. The summed E-state index contributed by atoms with van der Waals surface area (Å²) in [7, 11) is 0. The molecule has 0 amide bonds.